The van der Waals surface area contributed by atoms with Crippen LogP contribution in [-0.2, 0) is 6.54 Å². The second kappa shape index (κ2) is 6.27. The summed E-state index contributed by atoms with van der Waals surface area (Å²) >= 11 is 7.78. The molecule has 106 valence electrons. The van der Waals surface area contributed by atoms with Crippen molar-refractivity contribution in [2.45, 2.75) is 24.9 Å². The molecule has 2 heterocycles. The minimum absolute atomic E-state index is 0.267. The van der Waals surface area contributed by atoms with Crippen LogP contribution in [0.25, 0.3) is 0 Å². The molecule has 2 aromatic rings. The number of likely N-dealkylation sites (tertiary alicyclic amines) is 1. The normalized spacial score (nSPS) is 23.9. The molecule has 1 fully saturated rings. The molecular weight excluding hydrogens is 288 g/mol. The summed E-state index contributed by atoms with van der Waals surface area (Å²) in [5.74, 6) is 0.575. The zero-order valence-corrected chi connectivity index (χ0v) is 12.9. The number of nitrogens with zero attached hydrogens (tertiary/aromatic N) is 1. The van der Waals surface area contributed by atoms with Crippen molar-refractivity contribution in [3.8, 4) is 0 Å². The van der Waals surface area contributed by atoms with Gasteiger partial charge in [-0.3, -0.25) is 4.90 Å². The number of rotatable bonds is 3. The zero-order chi connectivity index (χ0) is 13.9. The van der Waals surface area contributed by atoms with Crippen molar-refractivity contribution in [3.05, 3.63) is 57.2 Å². The molecule has 2 atom stereocenters. The summed E-state index contributed by atoms with van der Waals surface area (Å²) in [5.41, 5.74) is 7.54. The third-order valence-corrected chi connectivity index (χ3v) is 5.11. The molecule has 0 aliphatic carbocycles. The van der Waals surface area contributed by atoms with Crippen molar-refractivity contribution in [2.24, 2.45) is 5.73 Å². The molecule has 1 aromatic carbocycles. The van der Waals surface area contributed by atoms with Gasteiger partial charge < -0.3 is 5.73 Å². The fraction of sp³-hybridized carbons (Fsp3) is 0.375. The Morgan fingerprint density at radius 3 is 2.70 bits per heavy atom. The quantitative estimate of drug-likeness (QED) is 0.936. The predicted octanol–water partition coefficient (Wildman–Crippen LogP) is 3.72. The van der Waals surface area contributed by atoms with Crippen molar-refractivity contribution in [2.75, 3.05) is 13.1 Å². The third-order valence-electron chi connectivity index (χ3n) is 3.82. The van der Waals surface area contributed by atoms with Crippen LogP contribution in [0, 0.1) is 0 Å². The van der Waals surface area contributed by atoms with Crippen LogP contribution >= 0.6 is 22.9 Å². The molecule has 1 aromatic heterocycles. The Bertz CT molecular complexity index is 538. The standard InChI is InChI=1S/C16H19ClN2S/c17-14-5-3-12(4-6-14)9-19-10-13(8-15(18)11-19)16-2-1-7-20-16/h1-7,13,15H,8-11,18H2. The van der Waals surface area contributed by atoms with Gasteiger partial charge in [-0.25, -0.2) is 0 Å². The van der Waals surface area contributed by atoms with Gasteiger partial charge in [0.2, 0.25) is 0 Å². The Labute approximate surface area is 129 Å². The predicted molar refractivity (Wildman–Crippen MR) is 86.4 cm³/mol. The van der Waals surface area contributed by atoms with E-state index in [0.29, 0.717) is 5.92 Å². The lowest BCUT2D eigenvalue weighted by atomic mass is 9.93. The fourth-order valence-electron chi connectivity index (χ4n) is 2.94. The summed E-state index contributed by atoms with van der Waals surface area (Å²) in [7, 11) is 0. The zero-order valence-electron chi connectivity index (χ0n) is 11.3. The van der Waals surface area contributed by atoms with Gasteiger partial charge in [-0.15, -0.1) is 11.3 Å². The summed E-state index contributed by atoms with van der Waals surface area (Å²) in [6, 6.07) is 12.7. The average Bonchev–Trinajstić information content (AvgIpc) is 2.95. The van der Waals surface area contributed by atoms with E-state index in [1.54, 1.807) is 0 Å². The summed E-state index contributed by atoms with van der Waals surface area (Å²) < 4.78 is 0. The van der Waals surface area contributed by atoms with Crippen LogP contribution in [0.5, 0.6) is 0 Å². The Hall–Kier alpha value is -0.870. The Balaban J connectivity index is 1.68. The van der Waals surface area contributed by atoms with E-state index in [9.17, 15) is 0 Å². The van der Waals surface area contributed by atoms with E-state index in [1.165, 1.54) is 10.4 Å². The van der Waals surface area contributed by atoms with E-state index in [2.05, 4.69) is 34.5 Å². The summed E-state index contributed by atoms with van der Waals surface area (Å²) in [6.45, 7) is 3.02. The summed E-state index contributed by atoms with van der Waals surface area (Å²) in [5, 5.41) is 2.94. The molecule has 0 bridgehead atoms. The van der Waals surface area contributed by atoms with E-state index in [0.717, 1.165) is 31.1 Å². The molecule has 0 radical (unpaired) electrons. The van der Waals surface area contributed by atoms with E-state index < -0.39 is 0 Å². The van der Waals surface area contributed by atoms with Crippen LogP contribution < -0.4 is 5.73 Å². The number of piperidine rings is 1. The maximum atomic E-state index is 6.24. The molecule has 2 N–H and O–H groups in total. The first-order valence-electron chi connectivity index (χ1n) is 6.96. The minimum Gasteiger partial charge on any atom is -0.327 e. The van der Waals surface area contributed by atoms with Crippen molar-refractivity contribution < 1.29 is 0 Å². The Morgan fingerprint density at radius 1 is 1.20 bits per heavy atom. The molecule has 0 saturated carbocycles. The van der Waals surface area contributed by atoms with E-state index >= 15 is 0 Å². The number of hydrogen-bond acceptors (Lipinski definition) is 3. The van der Waals surface area contributed by atoms with E-state index in [1.807, 2.05) is 23.5 Å². The van der Waals surface area contributed by atoms with Crippen LogP contribution in [0.2, 0.25) is 5.02 Å². The topological polar surface area (TPSA) is 29.3 Å². The Morgan fingerprint density at radius 2 is 2.00 bits per heavy atom. The van der Waals surface area contributed by atoms with Gasteiger partial charge in [0.05, 0.1) is 0 Å². The second-order valence-electron chi connectivity index (χ2n) is 5.53. The van der Waals surface area contributed by atoms with Gasteiger partial charge >= 0.3 is 0 Å². The molecule has 1 aliphatic rings. The van der Waals surface area contributed by atoms with Crippen LogP contribution in [0.1, 0.15) is 22.8 Å². The highest BCUT2D eigenvalue weighted by Gasteiger charge is 2.26. The molecule has 1 saturated heterocycles. The van der Waals surface area contributed by atoms with Crippen molar-refractivity contribution in [1.29, 1.82) is 0 Å². The molecule has 1 aliphatic heterocycles. The SMILES string of the molecule is NC1CC(c2cccs2)CN(Cc2ccc(Cl)cc2)C1. The third kappa shape index (κ3) is 3.41. The number of halogens is 1. The van der Waals surface area contributed by atoms with Crippen LogP contribution in [0.4, 0.5) is 0 Å². The van der Waals surface area contributed by atoms with E-state index in [-0.39, 0.29) is 6.04 Å². The molecule has 0 spiro atoms. The molecular formula is C16H19ClN2S. The molecule has 3 rings (SSSR count). The Kier molecular flexibility index (Phi) is 4.41. The molecule has 20 heavy (non-hydrogen) atoms. The second-order valence-corrected chi connectivity index (χ2v) is 6.94. The van der Waals surface area contributed by atoms with Crippen LogP contribution in [0.3, 0.4) is 0 Å². The number of thiophene rings is 1. The van der Waals surface area contributed by atoms with Crippen molar-refractivity contribution in [1.82, 2.24) is 4.90 Å². The molecule has 4 heteroatoms. The van der Waals surface area contributed by atoms with Gasteiger partial charge in [0.1, 0.15) is 0 Å². The molecule has 2 nitrogen and oxygen atoms in total. The lowest BCUT2D eigenvalue weighted by Gasteiger charge is -2.36. The lowest BCUT2D eigenvalue weighted by Crippen LogP contribution is -2.45. The first-order chi connectivity index (χ1) is 9.70. The van der Waals surface area contributed by atoms with E-state index in [4.69, 9.17) is 17.3 Å². The summed E-state index contributed by atoms with van der Waals surface area (Å²) in [6.07, 6.45) is 1.09. The van der Waals surface area contributed by atoms with Gasteiger partial charge in [-0.05, 0) is 35.6 Å². The fourth-order valence-corrected chi connectivity index (χ4v) is 3.90. The van der Waals surface area contributed by atoms with Crippen molar-refractivity contribution >= 4 is 22.9 Å². The monoisotopic (exact) mass is 306 g/mol. The average molecular weight is 307 g/mol. The van der Waals surface area contributed by atoms with Gasteiger partial charge in [-0.2, -0.15) is 0 Å². The van der Waals surface area contributed by atoms with Crippen molar-refractivity contribution in [3.63, 3.8) is 0 Å². The largest absolute Gasteiger partial charge is 0.327 e. The summed E-state index contributed by atoms with van der Waals surface area (Å²) in [4.78, 5) is 3.92. The minimum atomic E-state index is 0.267. The van der Waals surface area contributed by atoms with Gasteiger partial charge in [0, 0.05) is 41.5 Å². The number of nitrogens with two attached hydrogens (primary N) is 1. The molecule has 0 amide bonds. The highest BCUT2D eigenvalue weighted by Crippen LogP contribution is 2.30. The maximum absolute atomic E-state index is 6.24. The van der Waals surface area contributed by atoms with Crippen LogP contribution in [0.15, 0.2) is 41.8 Å². The smallest absolute Gasteiger partial charge is 0.0406 e. The first kappa shape index (κ1) is 14.1. The van der Waals surface area contributed by atoms with Crippen LogP contribution in [-0.4, -0.2) is 24.0 Å². The highest BCUT2D eigenvalue weighted by atomic mass is 35.5. The molecule has 2 unspecified atom stereocenters. The van der Waals surface area contributed by atoms with Gasteiger partial charge in [-0.1, -0.05) is 29.8 Å². The number of benzene rings is 1. The first-order valence-corrected chi connectivity index (χ1v) is 8.22. The van der Waals surface area contributed by atoms with Gasteiger partial charge in [0.15, 0.2) is 0 Å². The van der Waals surface area contributed by atoms with Gasteiger partial charge in [0.25, 0.3) is 0 Å². The maximum Gasteiger partial charge on any atom is 0.0406 e. The lowest BCUT2D eigenvalue weighted by molar-refractivity contribution is 0.182. The highest BCUT2D eigenvalue weighted by molar-refractivity contribution is 7.10. The number of hydrogen-bond donors (Lipinski definition) is 1.